The molecule has 4 rings (SSSR count). The van der Waals surface area contributed by atoms with E-state index >= 15 is 0 Å². The summed E-state index contributed by atoms with van der Waals surface area (Å²) < 4.78 is 43.6. The van der Waals surface area contributed by atoms with Crippen LogP contribution in [0.1, 0.15) is 41.0 Å². The molecule has 1 aliphatic rings. The average molecular weight is 444 g/mol. The van der Waals surface area contributed by atoms with Crippen LogP contribution >= 0.6 is 0 Å². The predicted octanol–water partition coefficient (Wildman–Crippen LogP) is 3.78. The monoisotopic (exact) mass is 444 g/mol. The number of amides is 1. The first-order valence-electron chi connectivity index (χ1n) is 9.82. The highest BCUT2D eigenvalue weighted by Gasteiger charge is 2.30. The van der Waals surface area contributed by atoms with Gasteiger partial charge in [0.15, 0.2) is 0 Å². The van der Waals surface area contributed by atoms with Gasteiger partial charge in [0.2, 0.25) is 5.88 Å². The lowest BCUT2D eigenvalue weighted by Crippen LogP contribution is -2.33. The zero-order valence-electron chi connectivity index (χ0n) is 17.0. The molecule has 0 aliphatic heterocycles. The molecule has 1 fully saturated rings. The quantitative estimate of drug-likeness (QED) is 0.644. The fourth-order valence-electron chi connectivity index (χ4n) is 3.39. The van der Waals surface area contributed by atoms with Crippen molar-refractivity contribution in [3.8, 4) is 11.6 Å². The van der Waals surface area contributed by atoms with Crippen molar-refractivity contribution in [2.75, 3.05) is 0 Å². The minimum Gasteiger partial charge on any atom is -0.439 e. The second kappa shape index (κ2) is 8.77. The molecule has 1 aromatic carbocycles. The maximum Gasteiger partial charge on any atom is 0.417 e. The first-order chi connectivity index (χ1) is 15.3. The van der Waals surface area contributed by atoms with Gasteiger partial charge in [0, 0.05) is 18.3 Å². The molecule has 2 aromatic heterocycles. The van der Waals surface area contributed by atoms with Crippen molar-refractivity contribution in [2.24, 2.45) is 7.05 Å². The molecule has 8 nitrogen and oxygen atoms in total. The van der Waals surface area contributed by atoms with Crippen molar-refractivity contribution >= 4 is 12.0 Å². The molecule has 0 saturated heterocycles. The number of tetrazole rings is 1. The van der Waals surface area contributed by atoms with Crippen LogP contribution in [0.5, 0.6) is 11.6 Å². The summed E-state index contributed by atoms with van der Waals surface area (Å²) in [6, 6.07) is 9.26. The van der Waals surface area contributed by atoms with E-state index in [1.807, 2.05) is 12.1 Å². The van der Waals surface area contributed by atoms with Gasteiger partial charge >= 0.3 is 6.18 Å². The second-order valence-electron chi connectivity index (χ2n) is 7.38. The van der Waals surface area contributed by atoms with E-state index in [-0.39, 0.29) is 23.7 Å². The molecule has 11 heteroatoms. The number of ether oxygens (including phenoxy) is 1. The number of nitrogens with zero attached hydrogens (tertiary/aromatic N) is 5. The summed E-state index contributed by atoms with van der Waals surface area (Å²) in [4.78, 5) is 17.1. The summed E-state index contributed by atoms with van der Waals surface area (Å²) >= 11 is 0. The van der Waals surface area contributed by atoms with Gasteiger partial charge in [0.05, 0.1) is 12.6 Å². The maximum absolute atomic E-state index is 12.7. The van der Waals surface area contributed by atoms with Crippen molar-refractivity contribution < 1.29 is 22.7 Å². The number of rotatable bonds is 5. The summed E-state index contributed by atoms with van der Waals surface area (Å²) in [6.45, 7) is 0. The number of aryl methyl sites for hydroxylation is 1. The first kappa shape index (κ1) is 21.5. The number of aromatic nitrogens is 5. The fraction of sp³-hybridized carbons (Fsp3) is 0.286. The number of pyridine rings is 1. The minimum atomic E-state index is -4.44. The largest absolute Gasteiger partial charge is 0.439 e. The fourth-order valence-corrected chi connectivity index (χ4v) is 3.39. The molecular formula is C21H19F3N6O2. The normalized spacial score (nSPS) is 17.5. The van der Waals surface area contributed by atoms with Crippen LogP contribution in [-0.2, 0) is 13.2 Å². The van der Waals surface area contributed by atoms with Gasteiger partial charge in [-0.15, -0.1) is 10.2 Å². The summed E-state index contributed by atoms with van der Waals surface area (Å²) in [6.07, 6.45) is 0.622. The van der Waals surface area contributed by atoms with E-state index in [4.69, 9.17) is 4.74 Å². The number of alkyl halides is 3. The highest BCUT2D eigenvalue weighted by Crippen LogP contribution is 2.31. The van der Waals surface area contributed by atoms with Gasteiger partial charge in [-0.25, -0.2) is 4.98 Å². The van der Waals surface area contributed by atoms with Gasteiger partial charge in [-0.2, -0.15) is 18.0 Å². The Morgan fingerprint density at radius 3 is 2.81 bits per heavy atom. The summed E-state index contributed by atoms with van der Waals surface area (Å²) in [5.41, 5.74) is 1.21. The zero-order chi connectivity index (χ0) is 22.7. The van der Waals surface area contributed by atoms with E-state index in [1.165, 1.54) is 10.9 Å². The molecule has 0 bridgehead atoms. The standard InChI is InChI=1S/C21H19F3N6O2/c1-30-28-19(27-29-30)20(31)26-16-7-5-14(10-16)9-13-3-2-4-17(11-13)32-18-8-6-15(12-25-18)21(22,23)24/h2-4,6,8-9,11-12,16H,5,7,10H2,1H3,(H,26,31). The highest BCUT2D eigenvalue weighted by atomic mass is 19.4. The summed E-state index contributed by atoms with van der Waals surface area (Å²) in [5.74, 6) is 0.211. The summed E-state index contributed by atoms with van der Waals surface area (Å²) in [7, 11) is 1.59. The molecule has 1 saturated carbocycles. The Balaban J connectivity index is 1.37. The topological polar surface area (TPSA) is 94.8 Å². The van der Waals surface area contributed by atoms with Crippen molar-refractivity contribution in [1.82, 2.24) is 30.5 Å². The van der Waals surface area contributed by atoms with Crippen LogP contribution in [-0.4, -0.2) is 37.1 Å². The molecule has 32 heavy (non-hydrogen) atoms. The maximum atomic E-state index is 12.7. The minimum absolute atomic E-state index is 0.0201. The third kappa shape index (κ3) is 5.29. The Kier molecular flexibility index (Phi) is 5.89. The Bertz CT molecular complexity index is 1140. The van der Waals surface area contributed by atoms with E-state index in [0.717, 1.165) is 36.2 Å². The van der Waals surface area contributed by atoms with Crippen LogP contribution in [0.15, 0.2) is 48.2 Å². The van der Waals surface area contributed by atoms with Crippen molar-refractivity contribution in [2.45, 2.75) is 31.5 Å². The molecule has 0 spiro atoms. The molecule has 0 radical (unpaired) electrons. The first-order valence-corrected chi connectivity index (χ1v) is 9.82. The number of hydrogen-bond donors (Lipinski definition) is 1. The number of benzene rings is 1. The Hall–Kier alpha value is -3.76. The second-order valence-corrected chi connectivity index (χ2v) is 7.38. The summed E-state index contributed by atoms with van der Waals surface area (Å²) in [5, 5.41) is 14.2. The smallest absolute Gasteiger partial charge is 0.417 e. The van der Waals surface area contributed by atoms with Crippen LogP contribution in [0.3, 0.4) is 0 Å². The number of hydrogen-bond acceptors (Lipinski definition) is 6. The van der Waals surface area contributed by atoms with Gasteiger partial charge in [0.1, 0.15) is 5.75 Å². The third-order valence-electron chi connectivity index (χ3n) is 4.88. The lowest BCUT2D eigenvalue weighted by Gasteiger charge is -2.09. The van der Waals surface area contributed by atoms with Crippen LogP contribution in [0.25, 0.3) is 6.08 Å². The zero-order valence-corrected chi connectivity index (χ0v) is 17.0. The van der Waals surface area contributed by atoms with E-state index in [9.17, 15) is 18.0 Å². The van der Waals surface area contributed by atoms with Gasteiger partial charge in [0.25, 0.3) is 11.7 Å². The number of halogens is 3. The van der Waals surface area contributed by atoms with Crippen LogP contribution in [0, 0.1) is 0 Å². The average Bonchev–Trinajstić information content (AvgIpc) is 3.37. The number of carbonyl (C=O) groups is 1. The molecule has 2 heterocycles. The van der Waals surface area contributed by atoms with Gasteiger partial charge in [-0.3, -0.25) is 4.79 Å². The number of carbonyl (C=O) groups excluding carboxylic acids is 1. The molecular weight excluding hydrogens is 425 g/mol. The Morgan fingerprint density at radius 1 is 1.28 bits per heavy atom. The van der Waals surface area contributed by atoms with Crippen molar-refractivity contribution in [3.05, 3.63) is 65.1 Å². The third-order valence-corrected chi connectivity index (χ3v) is 4.88. The van der Waals surface area contributed by atoms with Crippen molar-refractivity contribution in [3.63, 3.8) is 0 Å². The molecule has 166 valence electrons. The lowest BCUT2D eigenvalue weighted by molar-refractivity contribution is -0.137. The molecule has 1 N–H and O–H groups in total. The van der Waals surface area contributed by atoms with Crippen molar-refractivity contribution in [1.29, 1.82) is 0 Å². The van der Waals surface area contributed by atoms with Gasteiger partial charge < -0.3 is 10.1 Å². The van der Waals surface area contributed by atoms with E-state index < -0.39 is 11.7 Å². The molecule has 1 aliphatic carbocycles. The SMILES string of the molecule is Cn1nnc(C(=O)NC2CCC(=Cc3cccc(Oc4ccc(C(F)(F)F)cn4)c3)C2)n1. The van der Waals surface area contributed by atoms with Gasteiger partial charge in [-0.1, -0.05) is 23.8 Å². The molecule has 3 aromatic rings. The highest BCUT2D eigenvalue weighted by molar-refractivity contribution is 5.90. The van der Waals surface area contributed by atoms with Gasteiger partial charge in [-0.05, 0) is 48.2 Å². The van der Waals surface area contributed by atoms with E-state index in [0.29, 0.717) is 12.2 Å². The van der Waals surface area contributed by atoms with E-state index in [1.54, 1.807) is 25.2 Å². The van der Waals surface area contributed by atoms with Crippen LogP contribution in [0.2, 0.25) is 0 Å². The molecule has 1 atom stereocenters. The predicted molar refractivity (Wildman–Crippen MR) is 108 cm³/mol. The van der Waals surface area contributed by atoms with E-state index in [2.05, 4.69) is 25.7 Å². The van der Waals surface area contributed by atoms with Crippen LogP contribution in [0.4, 0.5) is 13.2 Å². The molecule has 1 unspecified atom stereocenters. The van der Waals surface area contributed by atoms with Crippen LogP contribution < -0.4 is 10.1 Å². The number of nitrogens with one attached hydrogen (secondary N) is 1. The lowest BCUT2D eigenvalue weighted by atomic mass is 10.1. The Labute approximate surface area is 181 Å². The Morgan fingerprint density at radius 2 is 2.12 bits per heavy atom. The molecule has 1 amide bonds.